The number of piperazine rings is 1. The van der Waals surface area contributed by atoms with E-state index in [0.29, 0.717) is 23.8 Å². The third kappa shape index (κ3) is 4.54. The van der Waals surface area contributed by atoms with Crippen molar-refractivity contribution in [2.24, 2.45) is 0 Å². The van der Waals surface area contributed by atoms with Crippen molar-refractivity contribution in [1.82, 2.24) is 24.5 Å². The van der Waals surface area contributed by atoms with Gasteiger partial charge in [0.05, 0.1) is 5.56 Å². The highest BCUT2D eigenvalue weighted by Gasteiger charge is 2.23. The fourth-order valence-corrected chi connectivity index (χ4v) is 4.08. The fourth-order valence-electron chi connectivity index (χ4n) is 4.08. The van der Waals surface area contributed by atoms with Crippen LogP contribution >= 0.6 is 0 Å². The van der Waals surface area contributed by atoms with Gasteiger partial charge in [0, 0.05) is 43.1 Å². The Labute approximate surface area is 181 Å². The highest BCUT2D eigenvalue weighted by atomic mass is 19.1. The molecule has 164 valence electrons. The normalized spacial score (nSPS) is 14.9. The molecule has 1 fully saturated rings. The smallest absolute Gasteiger partial charge is 0.260 e. The molecular weight excluding hydrogens is 397 g/mol. The maximum Gasteiger partial charge on any atom is 0.260 e. The van der Waals surface area contributed by atoms with Crippen LogP contribution in [0.1, 0.15) is 24.7 Å². The predicted molar refractivity (Wildman–Crippen MR) is 116 cm³/mol. The van der Waals surface area contributed by atoms with Crippen LogP contribution in [0.5, 0.6) is 0 Å². The molecule has 0 N–H and O–H groups in total. The van der Waals surface area contributed by atoms with Gasteiger partial charge >= 0.3 is 0 Å². The van der Waals surface area contributed by atoms with Crippen LogP contribution in [0, 0.1) is 19.7 Å². The summed E-state index contributed by atoms with van der Waals surface area (Å²) in [7, 11) is 0. The number of hydrogen-bond donors (Lipinski definition) is 0. The van der Waals surface area contributed by atoms with Gasteiger partial charge in [-0.1, -0.05) is 12.1 Å². The Morgan fingerprint density at radius 3 is 2.52 bits per heavy atom. The molecule has 4 rings (SSSR count). The van der Waals surface area contributed by atoms with Gasteiger partial charge < -0.3 is 14.0 Å². The Balaban J connectivity index is 1.48. The molecule has 2 aromatic heterocycles. The van der Waals surface area contributed by atoms with Crippen molar-refractivity contribution in [1.29, 1.82) is 0 Å². The van der Waals surface area contributed by atoms with Crippen LogP contribution in [0.15, 0.2) is 34.9 Å². The quantitative estimate of drug-likeness (QED) is 0.605. The van der Waals surface area contributed by atoms with Crippen LogP contribution in [0.25, 0.3) is 22.8 Å². The lowest BCUT2D eigenvalue weighted by Gasteiger charge is -2.34. The van der Waals surface area contributed by atoms with Gasteiger partial charge in [0.25, 0.3) is 5.89 Å². The lowest BCUT2D eigenvalue weighted by Crippen LogP contribution is -2.49. The summed E-state index contributed by atoms with van der Waals surface area (Å²) in [6.07, 6.45) is 1.14. The molecule has 0 radical (unpaired) electrons. The van der Waals surface area contributed by atoms with Gasteiger partial charge in [0.15, 0.2) is 0 Å². The molecule has 0 bridgehead atoms. The van der Waals surface area contributed by atoms with Gasteiger partial charge in [-0.3, -0.25) is 9.69 Å². The molecule has 1 aliphatic heterocycles. The Morgan fingerprint density at radius 1 is 1.13 bits per heavy atom. The number of carbonyl (C=O) groups excluding carboxylic acids is 1. The number of carbonyl (C=O) groups is 1. The number of rotatable bonds is 6. The summed E-state index contributed by atoms with van der Waals surface area (Å²) in [5, 5.41) is 4.03. The second kappa shape index (κ2) is 9.01. The van der Waals surface area contributed by atoms with E-state index in [1.165, 1.54) is 12.1 Å². The molecule has 7 nitrogen and oxygen atoms in total. The van der Waals surface area contributed by atoms with Crippen molar-refractivity contribution in [2.75, 3.05) is 32.7 Å². The van der Waals surface area contributed by atoms with Crippen LogP contribution in [0.3, 0.4) is 0 Å². The van der Waals surface area contributed by atoms with Gasteiger partial charge in [-0.05, 0) is 57.1 Å². The van der Waals surface area contributed by atoms with Crippen LogP contribution in [0.4, 0.5) is 4.39 Å². The zero-order valence-corrected chi connectivity index (χ0v) is 18.3. The highest BCUT2D eigenvalue weighted by Crippen LogP contribution is 2.28. The summed E-state index contributed by atoms with van der Waals surface area (Å²) in [5.41, 5.74) is 3.36. The molecule has 0 spiro atoms. The molecule has 0 aliphatic carbocycles. The third-order valence-corrected chi connectivity index (χ3v) is 5.89. The van der Waals surface area contributed by atoms with Crippen LogP contribution in [0.2, 0.25) is 0 Å². The van der Waals surface area contributed by atoms with Gasteiger partial charge in [-0.15, -0.1) is 0 Å². The Bertz CT molecular complexity index is 1050. The number of halogens is 1. The van der Waals surface area contributed by atoms with E-state index in [1.54, 1.807) is 12.1 Å². The average Bonchev–Trinajstić information content (AvgIpc) is 3.35. The van der Waals surface area contributed by atoms with Gasteiger partial charge in [-0.25, -0.2) is 4.39 Å². The second-order valence-corrected chi connectivity index (χ2v) is 8.02. The first-order valence-electron chi connectivity index (χ1n) is 10.7. The molecule has 8 heteroatoms. The van der Waals surface area contributed by atoms with E-state index in [2.05, 4.69) is 22.0 Å². The van der Waals surface area contributed by atoms with E-state index in [-0.39, 0.29) is 11.7 Å². The summed E-state index contributed by atoms with van der Waals surface area (Å²) in [4.78, 5) is 21.7. The van der Waals surface area contributed by atoms with Gasteiger partial charge in [0.2, 0.25) is 11.7 Å². The number of aromatic nitrogens is 3. The largest absolute Gasteiger partial charge is 0.339 e. The van der Waals surface area contributed by atoms with E-state index in [1.807, 2.05) is 29.4 Å². The van der Waals surface area contributed by atoms with Gasteiger partial charge in [-0.2, -0.15) is 4.98 Å². The van der Waals surface area contributed by atoms with E-state index in [9.17, 15) is 9.18 Å². The molecule has 31 heavy (non-hydrogen) atoms. The van der Waals surface area contributed by atoms with Crippen molar-refractivity contribution in [3.05, 3.63) is 47.5 Å². The van der Waals surface area contributed by atoms with E-state index >= 15 is 0 Å². The standard InChI is InChI=1S/C23H28FN5O2/c1-4-9-27-10-12-28(13-11-27)21(30)15-29-16(2)14-20(17(29)3)23-25-22(26-31-23)18-5-7-19(24)8-6-18/h5-8,14H,4,9-13,15H2,1-3H3. The summed E-state index contributed by atoms with van der Waals surface area (Å²) >= 11 is 0. The van der Waals surface area contributed by atoms with Crippen LogP contribution < -0.4 is 0 Å². The molecule has 1 amide bonds. The van der Waals surface area contributed by atoms with E-state index in [4.69, 9.17) is 4.52 Å². The summed E-state index contributed by atoms with van der Waals surface area (Å²) in [5.74, 6) is 0.606. The van der Waals surface area contributed by atoms with Crippen LogP contribution in [-0.2, 0) is 11.3 Å². The van der Waals surface area contributed by atoms with Gasteiger partial charge in [0.1, 0.15) is 12.4 Å². The molecule has 3 heterocycles. The minimum Gasteiger partial charge on any atom is -0.339 e. The summed E-state index contributed by atoms with van der Waals surface area (Å²) in [6.45, 7) is 10.9. The SMILES string of the molecule is CCCN1CCN(C(=O)Cn2c(C)cc(-c3nc(-c4ccc(F)cc4)no3)c2C)CC1. The Morgan fingerprint density at radius 2 is 1.84 bits per heavy atom. The van der Waals surface area contributed by atoms with Crippen LogP contribution in [-0.4, -0.2) is 63.1 Å². The summed E-state index contributed by atoms with van der Waals surface area (Å²) in [6, 6.07) is 7.93. The molecule has 1 aromatic carbocycles. The maximum absolute atomic E-state index is 13.2. The Hall–Kier alpha value is -3.00. The third-order valence-electron chi connectivity index (χ3n) is 5.89. The summed E-state index contributed by atoms with van der Waals surface area (Å²) < 4.78 is 20.6. The monoisotopic (exact) mass is 425 g/mol. The Kier molecular flexibility index (Phi) is 6.18. The zero-order valence-electron chi connectivity index (χ0n) is 18.3. The number of hydrogen-bond acceptors (Lipinski definition) is 5. The second-order valence-electron chi connectivity index (χ2n) is 8.02. The van der Waals surface area contributed by atoms with Crippen molar-refractivity contribution in [3.8, 4) is 22.8 Å². The average molecular weight is 426 g/mol. The molecular formula is C23H28FN5O2. The molecule has 0 unspecified atom stereocenters. The lowest BCUT2D eigenvalue weighted by molar-refractivity contribution is -0.133. The number of amides is 1. The van der Waals surface area contributed by atoms with Crippen molar-refractivity contribution < 1.29 is 13.7 Å². The number of nitrogens with zero attached hydrogens (tertiary/aromatic N) is 5. The fraction of sp³-hybridized carbons (Fsp3) is 0.435. The maximum atomic E-state index is 13.2. The van der Waals surface area contributed by atoms with Crippen molar-refractivity contribution in [3.63, 3.8) is 0 Å². The predicted octanol–water partition coefficient (Wildman–Crippen LogP) is 3.52. The number of aryl methyl sites for hydroxylation is 1. The zero-order chi connectivity index (χ0) is 22.0. The molecule has 0 atom stereocenters. The minimum absolute atomic E-state index is 0.127. The lowest BCUT2D eigenvalue weighted by atomic mass is 10.2. The van der Waals surface area contributed by atoms with E-state index in [0.717, 1.165) is 56.1 Å². The molecule has 3 aromatic rings. The molecule has 0 saturated carbocycles. The van der Waals surface area contributed by atoms with Crippen molar-refractivity contribution >= 4 is 5.91 Å². The first kappa shape index (κ1) is 21.2. The molecule has 1 aliphatic rings. The number of benzene rings is 1. The van der Waals surface area contributed by atoms with E-state index < -0.39 is 0 Å². The molecule has 1 saturated heterocycles. The highest BCUT2D eigenvalue weighted by molar-refractivity contribution is 5.77. The first-order valence-corrected chi connectivity index (χ1v) is 10.7. The topological polar surface area (TPSA) is 67.4 Å². The minimum atomic E-state index is -0.313. The first-order chi connectivity index (χ1) is 15.0. The van der Waals surface area contributed by atoms with Crippen molar-refractivity contribution in [2.45, 2.75) is 33.7 Å².